The monoisotopic (exact) mass is 322 g/mol. The average molecular weight is 322 g/mol. The molecule has 0 fully saturated rings. The third-order valence-corrected chi connectivity index (χ3v) is 4.35. The summed E-state index contributed by atoms with van der Waals surface area (Å²) in [6.45, 7) is 3.94. The molecule has 0 saturated carbocycles. The molecule has 0 aliphatic rings. The molecule has 0 aliphatic heterocycles. The Morgan fingerprint density at radius 3 is 2.58 bits per heavy atom. The Balaban J connectivity index is 1.79. The van der Waals surface area contributed by atoms with Crippen molar-refractivity contribution in [3.05, 3.63) is 65.9 Å². The number of methoxy groups -OCH3 is 1. The lowest BCUT2D eigenvalue weighted by Gasteiger charge is -2.21. The Kier molecular flexibility index (Phi) is 4.67. The molecule has 2 atom stereocenters. The van der Waals surface area contributed by atoms with Gasteiger partial charge in [-0.1, -0.05) is 36.4 Å². The molecule has 24 heavy (non-hydrogen) atoms. The number of carbonyl (C=O) groups is 1. The number of ether oxygens (including phenoxy) is 1. The first kappa shape index (κ1) is 16.3. The molecule has 3 aromatic rings. The molecule has 0 unspecified atom stereocenters. The third-order valence-electron chi connectivity index (χ3n) is 4.35. The molecule has 0 aliphatic carbocycles. The van der Waals surface area contributed by atoms with Crippen LogP contribution in [0.25, 0.3) is 10.9 Å². The lowest BCUT2D eigenvalue weighted by Crippen LogP contribution is -2.35. The maximum Gasteiger partial charge on any atom is 0.181 e. The van der Waals surface area contributed by atoms with Crippen LogP contribution < -0.4 is 10.1 Å². The van der Waals surface area contributed by atoms with Crippen molar-refractivity contribution >= 4 is 16.7 Å². The van der Waals surface area contributed by atoms with Crippen LogP contribution in [0.5, 0.6) is 5.75 Å². The van der Waals surface area contributed by atoms with Gasteiger partial charge >= 0.3 is 0 Å². The summed E-state index contributed by atoms with van der Waals surface area (Å²) in [5.41, 5.74) is 2.74. The van der Waals surface area contributed by atoms with Gasteiger partial charge in [0.1, 0.15) is 5.75 Å². The van der Waals surface area contributed by atoms with Crippen molar-refractivity contribution in [3.8, 4) is 5.75 Å². The van der Waals surface area contributed by atoms with Crippen molar-refractivity contribution in [3.63, 3.8) is 0 Å². The largest absolute Gasteiger partial charge is 0.496 e. The van der Waals surface area contributed by atoms with E-state index in [9.17, 15) is 4.79 Å². The molecular weight excluding hydrogens is 300 g/mol. The van der Waals surface area contributed by atoms with E-state index in [0.717, 1.165) is 27.8 Å². The quantitative estimate of drug-likeness (QED) is 0.672. The summed E-state index contributed by atoms with van der Waals surface area (Å²) in [4.78, 5) is 16.0. The van der Waals surface area contributed by atoms with Crippen LogP contribution in [0.4, 0.5) is 0 Å². The van der Waals surface area contributed by atoms with Gasteiger partial charge in [0.2, 0.25) is 0 Å². The zero-order valence-electron chi connectivity index (χ0n) is 14.2. The van der Waals surface area contributed by atoms with Gasteiger partial charge in [0.25, 0.3) is 0 Å². The van der Waals surface area contributed by atoms with Crippen LogP contribution in [0.15, 0.2) is 54.7 Å². The van der Waals surface area contributed by atoms with Crippen molar-refractivity contribution in [2.45, 2.75) is 25.9 Å². The predicted octanol–water partition coefficient (Wildman–Crippen LogP) is 4.10. The predicted molar refractivity (Wildman–Crippen MR) is 96.6 cm³/mol. The molecule has 0 radical (unpaired) electrons. The lowest BCUT2D eigenvalue weighted by atomic mass is 10.0. The number of hydrogen-bond acceptors (Lipinski definition) is 3. The molecule has 4 heteroatoms. The van der Waals surface area contributed by atoms with Crippen molar-refractivity contribution < 1.29 is 9.53 Å². The topological polar surface area (TPSA) is 54.1 Å². The third kappa shape index (κ3) is 3.05. The minimum Gasteiger partial charge on any atom is -0.496 e. The number of aromatic nitrogens is 1. The number of rotatable bonds is 6. The Morgan fingerprint density at radius 1 is 1.08 bits per heavy atom. The minimum atomic E-state index is -0.302. The van der Waals surface area contributed by atoms with Gasteiger partial charge in [0.05, 0.1) is 13.2 Å². The highest BCUT2D eigenvalue weighted by molar-refractivity contribution is 6.10. The minimum absolute atomic E-state index is 0.00491. The summed E-state index contributed by atoms with van der Waals surface area (Å²) >= 11 is 0. The highest BCUT2D eigenvalue weighted by atomic mass is 16.5. The molecule has 3 rings (SSSR count). The Hall–Kier alpha value is -2.59. The van der Waals surface area contributed by atoms with E-state index in [-0.39, 0.29) is 17.9 Å². The summed E-state index contributed by atoms with van der Waals surface area (Å²) in [6.07, 6.45) is 1.79. The number of hydrogen-bond donors (Lipinski definition) is 2. The highest BCUT2D eigenvalue weighted by Gasteiger charge is 2.21. The fraction of sp³-hybridized carbons (Fsp3) is 0.250. The van der Waals surface area contributed by atoms with Crippen LogP contribution in [0.1, 0.15) is 35.8 Å². The number of nitrogens with one attached hydrogen (secondary N) is 2. The van der Waals surface area contributed by atoms with E-state index in [1.165, 1.54) is 0 Å². The molecular formula is C20H22N2O2. The number of carbonyl (C=O) groups excluding carboxylic acids is 1. The first-order valence-electron chi connectivity index (χ1n) is 8.11. The summed E-state index contributed by atoms with van der Waals surface area (Å²) in [7, 11) is 1.66. The zero-order chi connectivity index (χ0) is 17.1. The van der Waals surface area contributed by atoms with E-state index in [2.05, 4.69) is 10.3 Å². The maximum absolute atomic E-state index is 12.8. The van der Waals surface area contributed by atoms with Crippen molar-refractivity contribution in [1.82, 2.24) is 10.3 Å². The van der Waals surface area contributed by atoms with Crippen LogP contribution in [-0.2, 0) is 0 Å². The molecule has 0 saturated heterocycles. The number of H-pyrrole nitrogens is 1. The van der Waals surface area contributed by atoms with Crippen LogP contribution in [0.2, 0.25) is 0 Å². The smallest absolute Gasteiger partial charge is 0.181 e. The second kappa shape index (κ2) is 6.89. The van der Waals surface area contributed by atoms with Gasteiger partial charge in [-0.05, 0) is 26.0 Å². The van der Waals surface area contributed by atoms with E-state index in [0.29, 0.717) is 0 Å². The van der Waals surface area contributed by atoms with E-state index < -0.39 is 0 Å². The second-order valence-electron chi connectivity index (χ2n) is 5.96. The number of Topliss-reactive ketones (excluding diaryl/α,β-unsaturated/α-hetero) is 1. The van der Waals surface area contributed by atoms with Crippen LogP contribution >= 0.6 is 0 Å². The standard InChI is InChI=1S/C20H22N2O2/c1-13(15-8-5-7-11-19(15)24-3)22-14(2)20(23)17-12-21-18-10-6-4-9-16(17)18/h4-14,21-22H,1-3H3/t13-,14-/m1/s1. The van der Waals surface area contributed by atoms with Crippen LogP contribution in [0.3, 0.4) is 0 Å². The zero-order valence-corrected chi connectivity index (χ0v) is 14.2. The van der Waals surface area contributed by atoms with Gasteiger partial charge in [-0.15, -0.1) is 0 Å². The molecule has 1 aromatic heterocycles. The van der Waals surface area contributed by atoms with Crippen molar-refractivity contribution in [2.75, 3.05) is 7.11 Å². The van der Waals surface area contributed by atoms with Crippen molar-refractivity contribution in [2.24, 2.45) is 0 Å². The van der Waals surface area contributed by atoms with Gasteiger partial charge in [0.15, 0.2) is 5.78 Å². The first-order valence-corrected chi connectivity index (χ1v) is 8.11. The van der Waals surface area contributed by atoms with E-state index in [1.54, 1.807) is 13.3 Å². The van der Waals surface area contributed by atoms with Gasteiger partial charge in [-0.2, -0.15) is 0 Å². The van der Waals surface area contributed by atoms with Gasteiger partial charge in [-0.25, -0.2) is 0 Å². The number of aromatic amines is 1. The number of ketones is 1. The SMILES string of the molecule is COc1ccccc1[C@@H](C)N[C@H](C)C(=O)c1c[nH]c2ccccc12. The number of para-hydroxylation sites is 2. The highest BCUT2D eigenvalue weighted by Crippen LogP contribution is 2.25. The van der Waals surface area contributed by atoms with E-state index >= 15 is 0 Å². The summed E-state index contributed by atoms with van der Waals surface area (Å²) < 4.78 is 5.41. The van der Waals surface area contributed by atoms with Gasteiger partial charge < -0.3 is 15.0 Å². The Morgan fingerprint density at radius 2 is 1.79 bits per heavy atom. The molecule has 0 bridgehead atoms. The lowest BCUT2D eigenvalue weighted by molar-refractivity contribution is 0.0947. The maximum atomic E-state index is 12.8. The Labute approximate surface area is 141 Å². The number of benzene rings is 2. The van der Waals surface area contributed by atoms with Crippen LogP contribution in [-0.4, -0.2) is 23.9 Å². The molecule has 2 aromatic carbocycles. The van der Waals surface area contributed by atoms with Gasteiger partial charge in [0, 0.05) is 34.3 Å². The molecule has 4 nitrogen and oxygen atoms in total. The van der Waals surface area contributed by atoms with E-state index in [1.807, 2.05) is 62.4 Å². The summed E-state index contributed by atoms with van der Waals surface area (Å²) in [5, 5.41) is 4.34. The van der Waals surface area contributed by atoms with Crippen molar-refractivity contribution in [1.29, 1.82) is 0 Å². The molecule has 1 heterocycles. The second-order valence-corrected chi connectivity index (χ2v) is 5.96. The fourth-order valence-corrected chi connectivity index (χ4v) is 3.07. The van der Waals surface area contributed by atoms with E-state index in [4.69, 9.17) is 4.74 Å². The number of fused-ring (bicyclic) bond motifs is 1. The summed E-state index contributed by atoms with van der Waals surface area (Å²) in [5.74, 6) is 0.901. The molecule has 0 amide bonds. The van der Waals surface area contributed by atoms with Gasteiger partial charge in [-0.3, -0.25) is 4.79 Å². The normalized spacial score (nSPS) is 13.6. The summed E-state index contributed by atoms with van der Waals surface area (Å²) in [6, 6.07) is 15.4. The molecule has 124 valence electrons. The average Bonchev–Trinajstić information content (AvgIpc) is 3.04. The molecule has 2 N–H and O–H groups in total. The first-order chi connectivity index (χ1) is 11.6. The molecule has 0 spiro atoms. The Bertz CT molecular complexity index is 853. The fourth-order valence-electron chi connectivity index (χ4n) is 3.07. The van der Waals surface area contributed by atoms with Crippen LogP contribution in [0, 0.1) is 0 Å².